The first-order chi connectivity index (χ1) is 17.0. The SMILES string of the molecule is Cc1c(NC(=O)OCC2c3ccccc3-c3ccccc32)cccc1C(=O)N1CCC[C@H]1C(=O)O. The van der Waals surface area contributed by atoms with Gasteiger partial charge in [-0.15, -0.1) is 0 Å². The van der Waals surface area contributed by atoms with Gasteiger partial charge < -0.3 is 14.7 Å². The van der Waals surface area contributed by atoms with E-state index in [0.29, 0.717) is 36.2 Å². The molecule has 0 bridgehead atoms. The van der Waals surface area contributed by atoms with Crippen LogP contribution in [0.25, 0.3) is 11.1 Å². The summed E-state index contributed by atoms with van der Waals surface area (Å²) < 4.78 is 5.62. The van der Waals surface area contributed by atoms with Gasteiger partial charge in [-0.2, -0.15) is 0 Å². The molecule has 1 aliphatic carbocycles. The number of fused-ring (bicyclic) bond motifs is 3. The largest absolute Gasteiger partial charge is 0.480 e. The number of ether oxygens (including phenoxy) is 1. The van der Waals surface area contributed by atoms with Crippen LogP contribution in [-0.2, 0) is 9.53 Å². The van der Waals surface area contributed by atoms with Crippen molar-refractivity contribution in [1.82, 2.24) is 4.90 Å². The van der Waals surface area contributed by atoms with Gasteiger partial charge >= 0.3 is 12.1 Å². The van der Waals surface area contributed by atoms with E-state index in [-0.39, 0.29) is 18.4 Å². The number of carbonyl (C=O) groups excluding carboxylic acids is 2. The van der Waals surface area contributed by atoms with Crippen molar-refractivity contribution in [3.05, 3.63) is 89.0 Å². The monoisotopic (exact) mass is 470 g/mol. The van der Waals surface area contributed by atoms with Crippen LogP contribution in [0.15, 0.2) is 66.7 Å². The highest BCUT2D eigenvalue weighted by Crippen LogP contribution is 2.44. The third kappa shape index (κ3) is 4.14. The molecule has 1 fully saturated rings. The molecule has 0 radical (unpaired) electrons. The second kappa shape index (κ2) is 9.25. The fourth-order valence-electron chi connectivity index (χ4n) is 5.17. The van der Waals surface area contributed by atoms with Crippen molar-refractivity contribution in [3.8, 4) is 11.1 Å². The molecule has 7 heteroatoms. The van der Waals surface area contributed by atoms with Gasteiger partial charge in [-0.25, -0.2) is 9.59 Å². The Hall–Kier alpha value is -4.13. The fraction of sp³-hybridized carbons (Fsp3) is 0.250. The van der Waals surface area contributed by atoms with Crippen molar-refractivity contribution in [3.63, 3.8) is 0 Å². The number of hydrogen-bond donors (Lipinski definition) is 2. The van der Waals surface area contributed by atoms with Crippen molar-refractivity contribution in [2.75, 3.05) is 18.5 Å². The van der Waals surface area contributed by atoms with E-state index < -0.39 is 18.1 Å². The molecule has 2 amide bonds. The molecule has 0 saturated carbocycles. The minimum atomic E-state index is -0.999. The minimum Gasteiger partial charge on any atom is -0.480 e. The number of hydrogen-bond acceptors (Lipinski definition) is 4. The standard InChI is InChI=1S/C28H26N2O5/c1-17-18(26(31)30-15-7-14-25(30)27(32)33)12-6-13-24(17)29-28(34)35-16-23-21-10-4-2-8-19(21)20-9-3-5-11-22(20)23/h2-6,8-13,23,25H,7,14-16H2,1H3,(H,29,34)(H,32,33)/t25-/m0/s1. The quantitative estimate of drug-likeness (QED) is 0.544. The van der Waals surface area contributed by atoms with Gasteiger partial charge in [0, 0.05) is 23.7 Å². The molecule has 2 N–H and O–H groups in total. The Morgan fingerprint density at radius 2 is 1.63 bits per heavy atom. The van der Waals surface area contributed by atoms with Crippen LogP contribution in [-0.4, -0.2) is 47.2 Å². The van der Waals surface area contributed by atoms with Crippen LogP contribution in [0.3, 0.4) is 0 Å². The number of nitrogens with one attached hydrogen (secondary N) is 1. The van der Waals surface area contributed by atoms with E-state index in [1.807, 2.05) is 24.3 Å². The summed E-state index contributed by atoms with van der Waals surface area (Å²) in [7, 11) is 0. The highest BCUT2D eigenvalue weighted by Gasteiger charge is 2.35. The van der Waals surface area contributed by atoms with E-state index in [0.717, 1.165) is 22.3 Å². The summed E-state index contributed by atoms with van der Waals surface area (Å²) in [4.78, 5) is 38.7. The van der Waals surface area contributed by atoms with Crippen LogP contribution < -0.4 is 5.32 Å². The van der Waals surface area contributed by atoms with Crippen LogP contribution in [0.5, 0.6) is 0 Å². The summed E-state index contributed by atoms with van der Waals surface area (Å²) >= 11 is 0. The number of carboxylic acids is 1. The summed E-state index contributed by atoms with van der Waals surface area (Å²) in [5.41, 5.74) is 5.96. The number of aliphatic carboxylic acids is 1. The third-order valence-electron chi connectivity index (χ3n) is 6.94. The summed E-state index contributed by atoms with van der Waals surface area (Å²) in [6.45, 7) is 2.32. The van der Waals surface area contributed by atoms with Gasteiger partial charge in [-0.05, 0) is 59.7 Å². The number of anilines is 1. The first-order valence-corrected chi connectivity index (χ1v) is 11.7. The highest BCUT2D eigenvalue weighted by atomic mass is 16.5. The first-order valence-electron chi connectivity index (χ1n) is 11.7. The molecule has 1 heterocycles. The Bertz CT molecular complexity index is 1270. The molecule has 7 nitrogen and oxygen atoms in total. The molecule has 2 aliphatic rings. The summed E-state index contributed by atoms with van der Waals surface area (Å²) in [5.74, 6) is -1.39. The van der Waals surface area contributed by atoms with E-state index in [2.05, 4.69) is 29.6 Å². The number of amides is 2. The summed E-state index contributed by atoms with van der Waals surface area (Å²) in [6.07, 6.45) is 0.487. The van der Waals surface area contributed by atoms with Crippen LogP contribution in [0.4, 0.5) is 10.5 Å². The van der Waals surface area contributed by atoms with Gasteiger partial charge in [-0.1, -0.05) is 54.6 Å². The van der Waals surface area contributed by atoms with E-state index in [4.69, 9.17) is 4.74 Å². The van der Waals surface area contributed by atoms with Crippen molar-refractivity contribution < 1.29 is 24.2 Å². The molecule has 0 spiro atoms. The zero-order chi connectivity index (χ0) is 24.5. The van der Waals surface area contributed by atoms with Gasteiger partial charge in [0.15, 0.2) is 0 Å². The molecule has 5 rings (SSSR count). The predicted octanol–water partition coefficient (Wildman–Crippen LogP) is 5.05. The van der Waals surface area contributed by atoms with Gasteiger partial charge in [0.25, 0.3) is 5.91 Å². The molecular formula is C28H26N2O5. The van der Waals surface area contributed by atoms with E-state index in [9.17, 15) is 19.5 Å². The smallest absolute Gasteiger partial charge is 0.411 e. The Kier molecular flexibility index (Phi) is 5.99. The normalized spacial score (nSPS) is 16.5. The molecule has 0 aromatic heterocycles. The lowest BCUT2D eigenvalue weighted by Gasteiger charge is -2.23. The Labute approximate surface area is 203 Å². The lowest BCUT2D eigenvalue weighted by Crippen LogP contribution is -2.40. The molecule has 0 unspecified atom stereocenters. The zero-order valence-corrected chi connectivity index (χ0v) is 19.4. The Balaban J connectivity index is 1.29. The van der Waals surface area contributed by atoms with E-state index >= 15 is 0 Å². The Morgan fingerprint density at radius 3 is 2.29 bits per heavy atom. The van der Waals surface area contributed by atoms with Gasteiger partial charge in [0.2, 0.25) is 0 Å². The van der Waals surface area contributed by atoms with Crippen molar-refractivity contribution in [2.24, 2.45) is 0 Å². The average Bonchev–Trinajstić information content (AvgIpc) is 3.47. The third-order valence-corrected chi connectivity index (χ3v) is 6.94. The van der Waals surface area contributed by atoms with Crippen LogP contribution in [0.2, 0.25) is 0 Å². The topological polar surface area (TPSA) is 95.9 Å². The zero-order valence-electron chi connectivity index (χ0n) is 19.4. The van der Waals surface area contributed by atoms with Gasteiger partial charge in [0.05, 0.1) is 0 Å². The van der Waals surface area contributed by atoms with Crippen LogP contribution in [0, 0.1) is 6.92 Å². The molecule has 3 aromatic rings. The highest BCUT2D eigenvalue weighted by molar-refractivity contribution is 6.00. The second-order valence-corrected chi connectivity index (χ2v) is 8.92. The molecule has 3 aromatic carbocycles. The van der Waals surface area contributed by atoms with Crippen molar-refractivity contribution in [1.29, 1.82) is 0 Å². The number of benzene rings is 3. The van der Waals surface area contributed by atoms with Crippen molar-refractivity contribution >= 4 is 23.7 Å². The molecule has 35 heavy (non-hydrogen) atoms. The van der Waals surface area contributed by atoms with Crippen molar-refractivity contribution in [2.45, 2.75) is 31.7 Å². The Morgan fingerprint density at radius 1 is 0.971 bits per heavy atom. The molecule has 178 valence electrons. The van der Waals surface area contributed by atoms with Gasteiger partial charge in [0.1, 0.15) is 12.6 Å². The molecule has 1 saturated heterocycles. The number of carboxylic acid groups (broad SMARTS) is 1. The van der Waals surface area contributed by atoms with E-state index in [1.54, 1.807) is 25.1 Å². The summed E-state index contributed by atoms with van der Waals surface area (Å²) in [5, 5.41) is 12.2. The maximum atomic E-state index is 13.1. The first kappa shape index (κ1) is 22.7. The minimum absolute atomic E-state index is 0.0507. The number of rotatable bonds is 5. The molecule has 1 aliphatic heterocycles. The van der Waals surface area contributed by atoms with E-state index in [1.165, 1.54) is 4.90 Å². The number of carbonyl (C=O) groups is 3. The maximum absolute atomic E-state index is 13.1. The number of nitrogens with zero attached hydrogens (tertiary/aromatic N) is 1. The predicted molar refractivity (Wildman–Crippen MR) is 132 cm³/mol. The van der Waals surface area contributed by atoms with Gasteiger partial charge in [-0.3, -0.25) is 10.1 Å². The molecular weight excluding hydrogens is 444 g/mol. The summed E-state index contributed by atoms with van der Waals surface area (Å²) in [6, 6.07) is 20.5. The average molecular weight is 471 g/mol. The second-order valence-electron chi connectivity index (χ2n) is 8.92. The number of likely N-dealkylation sites (tertiary alicyclic amines) is 1. The van der Waals surface area contributed by atoms with Crippen LogP contribution >= 0.6 is 0 Å². The lowest BCUT2D eigenvalue weighted by molar-refractivity contribution is -0.141. The molecule has 1 atom stereocenters. The maximum Gasteiger partial charge on any atom is 0.411 e. The van der Waals surface area contributed by atoms with Crippen LogP contribution in [0.1, 0.15) is 45.8 Å². The lowest BCUT2D eigenvalue weighted by atomic mass is 9.98. The fourth-order valence-corrected chi connectivity index (χ4v) is 5.17.